The summed E-state index contributed by atoms with van der Waals surface area (Å²) < 4.78 is 5.67. The fourth-order valence-electron chi connectivity index (χ4n) is 4.16. The van der Waals surface area contributed by atoms with Crippen molar-refractivity contribution in [2.24, 2.45) is 0 Å². The van der Waals surface area contributed by atoms with E-state index < -0.39 is 0 Å². The number of unbranched alkanes of at least 4 members (excludes halogenated alkanes) is 3. The van der Waals surface area contributed by atoms with Gasteiger partial charge in [-0.05, 0) is 67.2 Å². The third-order valence-electron chi connectivity index (χ3n) is 5.94. The molecule has 29 heavy (non-hydrogen) atoms. The number of rotatable bonds is 9. The first-order valence-corrected chi connectivity index (χ1v) is 11.3. The van der Waals surface area contributed by atoms with E-state index >= 15 is 0 Å². The van der Waals surface area contributed by atoms with Crippen molar-refractivity contribution < 1.29 is 9.53 Å². The molecule has 0 bridgehead atoms. The largest absolute Gasteiger partial charge is 0.459 e. The Hall–Kier alpha value is -2.35. The Morgan fingerprint density at radius 1 is 0.931 bits per heavy atom. The first kappa shape index (κ1) is 21.4. The highest BCUT2D eigenvalue weighted by atomic mass is 16.5. The van der Waals surface area contributed by atoms with Gasteiger partial charge in [-0.25, -0.2) is 4.79 Å². The number of esters is 1. The summed E-state index contributed by atoms with van der Waals surface area (Å²) in [6.07, 6.45) is 13.8. The molecule has 2 heteroatoms. The zero-order chi connectivity index (χ0) is 20.3. The maximum atomic E-state index is 12.2. The van der Waals surface area contributed by atoms with Crippen LogP contribution in [0.15, 0.2) is 60.7 Å². The van der Waals surface area contributed by atoms with Crippen molar-refractivity contribution in [2.75, 3.05) is 0 Å². The molecular weight excluding hydrogens is 356 g/mol. The number of hydrogen-bond donors (Lipinski definition) is 0. The molecule has 0 aromatic heterocycles. The van der Waals surface area contributed by atoms with Crippen LogP contribution in [0.25, 0.3) is 6.08 Å². The lowest BCUT2D eigenvalue weighted by Gasteiger charge is -2.28. The molecule has 1 fully saturated rings. The van der Waals surface area contributed by atoms with E-state index in [1.54, 1.807) is 6.08 Å². The van der Waals surface area contributed by atoms with E-state index in [0.717, 1.165) is 37.7 Å². The predicted octanol–water partition coefficient (Wildman–Crippen LogP) is 7.09. The van der Waals surface area contributed by atoms with E-state index in [1.165, 1.54) is 36.8 Å². The Labute approximate surface area is 176 Å². The molecule has 2 aromatic rings. The fourth-order valence-corrected chi connectivity index (χ4v) is 4.16. The third-order valence-corrected chi connectivity index (χ3v) is 5.94. The summed E-state index contributed by atoms with van der Waals surface area (Å²) >= 11 is 0. The van der Waals surface area contributed by atoms with Gasteiger partial charge in [0.05, 0.1) is 0 Å². The van der Waals surface area contributed by atoms with E-state index in [2.05, 4.69) is 61.5 Å². The van der Waals surface area contributed by atoms with Crippen molar-refractivity contribution in [3.05, 3.63) is 77.4 Å². The smallest absolute Gasteiger partial charge is 0.331 e. The lowest BCUT2D eigenvalue weighted by molar-refractivity contribution is -0.144. The van der Waals surface area contributed by atoms with Gasteiger partial charge in [0.2, 0.25) is 0 Å². The summed E-state index contributed by atoms with van der Waals surface area (Å²) in [5, 5.41) is 0. The van der Waals surface area contributed by atoms with Gasteiger partial charge in [0.15, 0.2) is 0 Å². The van der Waals surface area contributed by atoms with Gasteiger partial charge in [-0.3, -0.25) is 0 Å². The number of carbonyl (C=O) groups excluding carboxylic acids is 1. The maximum Gasteiger partial charge on any atom is 0.331 e. The summed E-state index contributed by atoms with van der Waals surface area (Å²) in [6, 6.07) is 19.2. The van der Waals surface area contributed by atoms with E-state index in [-0.39, 0.29) is 12.1 Å². The van der Waals surface area contributed by atoms with E-state index in [0.29, 0.717) is 5.92 Å². The van der Waals surface area contributed by atoms with E-state index in [4.69, 9.17) is 4.74 Å². The molecule has 0 aliphatic heterocycles. The standard InChI is InChI=1S/C27H34O2/c1-2-3-4-6-9-22-12-14-23(15-13-22)16-21-27(28)29-26-19-17-25(18-20-26)24-10-7-5-8-11-24/h5,7-8,10-16,21,25-26H,2-4,6,9,17-20H2,1H3. The molecule has 0 spiro atoms. The van der Waals surface area contributed by atoms with Crippen molar-refractivity contribution in [3.63, 3.8) is 0 Å². The fraction of sp³-hybridized carbons (Fsp3) is 0.444. The van der Waals surface area contributed by atoms with Gasteiger partial charge >= 0.3 is 5.97 Å². The van der Waals surface area contributed by atoms with Gasteiger partial charge < -0.3 is 4.74 Å². The van der Waals surface area contributed by atoms with Crippen molar-refractivity contribution in [1.29, 1.82) is 0 Å². The summed E-state index contributed by atoms with van der Waals surface area (Å²) in [6.45, 7) is 2.24. The summed E-state index contributed by atoms with van der Waals surface area (Å²) in [7, 11) is 0. The Balaban J connectivity index is 1.39. The molecule has 0 saturated heterocycles. The molecule has 0 atom stereocenters. The molecule has 0 N–H and O–H groups in total. The molecule has 2 nitrogen and oxygen atoms in total. The molecule has 154 valence electrons. The number of hydrogen-bond acceptors (Lipinski definition) is 2. The quantitative estimate of drug-likeness (QED) is 0.259. The first-order chi connectivity index (χ1) is 14.2. The third kappa shape index (κ3) is 7.20. The molecule has 1 aliphatic carbocycles. The maximum absolute atomic E-state index is 12.2. The lowest BCUT2D eigenvalue weighted by atomic mass is 9.83. The van der Waals surface area contributed by atoms with Gasteiger partial charge in [0.25, 0.3) is 0 Å². The van der Waals surface area contributed by atoms with Crippen molar-refractivity contribution >= 4 is 12.0 Å². The first-order valence-electron chi connectivity index (χ1n) is 11.3. The molecule has 0 radical (unpaired) electrons. The zero-order valence-corrected chi connectivity index (χ0v) is 17.7. The van der Waals surface area contributed by atoms with Crippen LogP contribution in [-0.2, 0) is 16.0 Å². The predicted molar refractivity (Wildman–Crippen MR) is 121 cm³/mol. The van der Waals surface area contributed by atoms with Crippen LogP contribution in [0.1, 0.15) is 80.9 Å². The number of benzene rings is 2. The molecule has 0 heterocycles. The normalized spacial score (nSPS) is 19.3. The Kier molecular flexibility index (Phi) is 8.55. The van der Waals surface area contributed by atoms with Crippen molar-refractivity contribution in [1.82, 2.24) is 0 Å². The number of aryl methyl sites for hydroxylation is 1. The average molecular weight is 391 g/mol. The van der Waals surface area contributed by atoms with Crippen molar-refractivity contribution in [3.8, 4) is 0 Å². The Bertz CT molecular complexity index is 753. The summed E-state index contributed by atoms with van der Waals surface area (Å²) in [5.41, 5.74) is 3.83. The Morgan fingerprint density at radius 2 is 1.66 bits per heavy atom. The van der Waals surface area contributed by atoms with Crippen LogP contribution in [0.5, 0.6) is 0 Å². The van der Waals surface area contributed by atoms with Crippen LogP contribution in [0.4, 0.5) is 0 Å². The van der Waals surface area contributed by atoms with Crippen LogP contribution in [0, 0.1) is 0 Å². The minimum atomic E-state index is -0.225. The minimum absolute atomic E-state index is 0.0533. The second-order valence-electron chi connectivity index (χ2n) is 8.21. The van der Waals surface area contributed by atoms with Crippen LogP contribution in [-0.4, -0.2) is 12.1 Å². The molecule has 2 aromatic carbocycles. The van der Waals surface area contributed by atoms with Crippen LogP contribution < -0.4 is 0 Å². The van der Waals surface area contributed by atoms with E-state index in [9.17, 15) is 4.79 Å². The van der Waals surface area contributed by atoms with Gasteiger partial charge in [-0.15, -0.1) is 0 Å². The molecule has 0 amide bonds. The van der Waals surface area contributed by atoms with Crippen molar-refractivity contribution in [2.45, 2.75) is 76.7 Å². The monoisotopic (exact) mass is 390 g/mol. The average Bonchev–Trinajstić information content (AvgIpc) is 2.77. The summed E-state index contributed by atoms with van der Waals surface area (Å²) in [4.78, 5) is 12.2. The topological polar surface area (TPSA) is 26.3 Å². The molecule has 1 saturated carbocycles. The molecular formula is C27H34O2. The number of ether oxygens (including phenoxy) is 1. The highest BCUT2D eigenvalue weighted by molar-refractivity contribution is 5.87. The second kappa shape index (κ2) is 11.6. The zero-order valence-electron chi connectivity index (χ0n) is 17.7. The molecule has 1 aliphatic rings. The minimum Gasteiger partial charge on any atom is -0.459 e. The number of carbonyl (C=O) groups is 1. The van der Waals surface area contributed by atoms with Gasteiger partial charge in [0.1, 0.15) is 6.10 Å². The highest BCUT2D eigenvalue weighted by Crippen LogP contribution is 2.33. The van der Waals surface area contributed by atoms with Gasteiger partial charge in [-0.2, -0.15) is 0 Å². The highest BCUT2D eigenvalue weighted by Gasteiger charge is 2.24. The Morgan fingerprint density at radius 3 is 2.34 bits per heavy atom. The second-order valence-corrected chi connectivity index (χ2v) is 8.21. The summed E-state index contributed by atoms with van der Waals surface area (Å²) in [5.74, 6) is 0.374. The van der Waals surface area contributed by atoms with Gasteiger partial charge in [-0.1, -0.05) is 80.8 Å². The molecule has 0 unspecified atom stereocenters. The lowest BCUT2D eigenvalue weighted by Crippen LogP contribution is -2.23. The van der Waals surface area contributed by atoms with Gasteiger partial charge in [0, 0.05) is 6.08 Å². The van der Waals surface area contributed by atoms with E-state index in [1.807, 2.05) is 6.08 Å². The van der Waals surface area contributed by atoms with Crippen LogP contribution in [0.2, 0.25) is 0 Å². The SMILES string of the molecule is CCCCCCc1ccc(C=CC(=O)OC2CCC(c3ccccc3)CC2)cc1. The molecule has 3 rings (SSSR count). The van der Waals surface area contributed by atoms with Crippen LogP contribution in [0.3, 0.4) is 0 Å². The van der Waals surface area contributed by atoms with Crippen LogP contribution >= 0.6 is 0 Å².